The summed E-state index contributed by atoms with van der Waals surface area (Å²) in [7, 11) is -3.83. The third-order valence-corrected chi connectivity index (χ3v) is 5.78. The maximum atomic E-state index is 12.4. The summed E-state index contributed by atoms with van der Waals surface area (Å²) < 4.78 is 53.7. The summed E-state index contributed by atoms with van der Waals surface area (Å²) in [5, 5.41) is 4.62. The van der Waals surface area contributed by atoms with Crippen LogP contribution >= 0.6 is 0 Å². The third-order valence-electron chi connectivity index (χ3n) is 4.20. The molecule has 2 rings (SSSR count). The van der Waals surface area contributed by atoms with E-state index in [0.29, 0.717) is 0 Å². The minimum Gasteiger partial charge on any atom is -0.435 e. The highest BCUT2D eigenvalue weighted by atomic mass is 32.2. The maximum absolute atomic E-state index is 12.4. The van der Waals surface area contributed by atoms with Crippen LogP contribution in [0.1, 0.15) is 31.4 Å². The van der Waals surface area contributed by atoms with Crippen LogP contribution in [0, 0.1) is 12.8 Å². The average Bonchev–Trinajstić information content (AvgIpc) is 2.88. The standard InChI is InChI=1S/C21H22F2N2O6S.C2H6.C2H2/c22-21(23)31-18-9-5-4-8-16(18)14-32(29,30)11-10-19(27)24-13-17(26)20(28)25-12-15-6-2-1-3-7-15;2*1-2/h1-9,21H,10-14H2,(H,24,27)(H,25,28);1-2H3;1-2H. The van der Waals surface area contributed by atoms with Crippen molar-refractivity contribution in [3.8, 4) is 18.6 Å². The van der Waals surface area contributed by atoms with E-state index in [9.17, 15) is 31.6 Å². The molecule has 2 aromatic rings. The molecule has 8 nitrogen and oxygen atoms in total. The number of ketones is 1. The molecule has 0 heterocycles. The first-order valence-corrected chi connectivity index (χ1v) is 12.7. The number of hydrogen-bond donors (Lipinski definition) is 2. The van der Waals surface area contributed by atoms with E-state index in [-0.39, 0.29) is 17.9 Å². The second kappa shape index (κ2) is 17.6. The van der Waals surface area contributed by atoms with Crippen molar-refractivity contribution in [3.63, 3.8) is 0 Å². The van der Waals surface area contributed by atoms with Crippen LogP contribution in [-0.2, 0) is 36.5 Å². The third kappa shape index (κ3) is 13.2. The fourth-order valence-electron chi connectivity index (χ4n) is 2.62. The number of ether oxygens (including phenoxy) is 1. The summed E-state index contributed by atoms with van der Waals surface area (Å²) in [6.45, 7) is 0.464. The van der Waals surface area contributed by atoms with E-state index in [1.165, 1.54) is 24.3 Å². The summed E-state index contributed by atoms with van der Waals surface area (Å²) in [5.41, 5.74) is 0.835. The summed E-state index contributed by atoms with van der Waals surface area (Å²) in [4.78, 5) is 35.5. The van der Waals surface area contributed by atoms with Gasteiger partial charge in [-0.1, -0.05) is 62.4 Å². The summed E-state index contributed by atoms with van der Waals surface area (Å²) in [6, 6.07) is 14.4. The van der Waals surface area contributed by atoms with Crippen LogP contribution in [0.4, 0.5) is 8.78 Å². The van der Waals surface area contributed by atoms with Crippen molar-refractivity contribution < 1.29 is 36.3 Å². The lowest BCUT2D eigenvalue weighted by Crippen LogP contribution is -2.39. The normalized spacial score (nSPS) is 10.1. The molecule has 0 fully saturated rings. The molecule has 0 radical (unpaired) electrons. The van der Waals surface area contributed by atoms with Gasteiger partial charge in [-0.25, -0.2) is 8.42 Å². The van der Waals surface area contributed by atoms with Crippen molar-refractivity contribution in [2.24, 2.45) is 0 Å². The number of halogens is 2. The number of amides is 2. The van der Waals surface area contributed by atoms with Gasteiger partial charge in [0.2, 0.25) is 11.7 Å². The van der Waals surface area contributed by atoms with Crippen LogP contribution in [-0.4, -0.2) is 44.9 Å². The van der Waals surface area contributed by atoms with Crippen molar-refractivity contribution in [2.45, 2.75) is 39.2 Å². The quantitative estimate of drug-likeness (QED) is 0.326. The molecule has 11 heteroatoms. The van der Waals surface area contributed by atoms with Gasteiger partial charge in [-0.3, -0.25) is 14.4 Å². The highest BCUT2D eigenvalue weighted by molar-refractivity contribution is 7.90. The largest absolute Gasteiger partial charge is 0.435 e. The lowest BCUT2D eigenvalue weighted by Gasteiger charge is -2.11. The molecule has 0 bridgehead atoms. The number of para-hydroxylation sites is 1. The summed E-state index contributed by atoms with van der Waals surface area (Å²) in [5.74, 6) is -3.93. The SMILES string of the molecule is C#C.CC.O=C(CCS(=O)(=O)Cc1ccccc1OC(F)F)NCC(=O)C(=O)NCc1ccccc1. The van der Waals surface area contributed by atoms with Crippen LogP contribution in [0.15, 0.2) is 54.6 Å². The summed E-state index contributed by atoms with van der Waals surface area (Å²) >= 11 is 0. The molecule has 0 aliphatic carbocycles. The van der Waals surface area contributed by atoms with Crippen molar-refractivity contribution in [1.29, 1.82) is 0 Å². The highest BCUT2D eigenvalue weighted by Crippen LogP contribution is 2.22. The highest BCUT2D eigenvalue weighted by Gasteiger charge is 2.19. The van der Waals surface area contributed by atoms with Gasteiger partial charge in [0.25, 0.3) is 5.91 Å². The molecule has 0 aliphatic heterocycles. The van der Waals surface area contributed by atoms with Crippen molar-refractivity contribution >= 4 is 27.4 Å². The molecule has 36 heavy (non-hydrogen) atoms. The van der Waals surface area contributed by atoms with Crippen molar-refractivity contribution in [1.82, 2.24) is 10.6 Å². The number of hydrogen-bond acceptors (Lipinski definition) is 6. The number of carbonyl (C=O) groups is 3. The molecule has 0 spiro atoms. The van der Waals surface area contributed by atoms with E-state index < -0.39 is 58.5 Å². The smallest absolute Gasteiger partial charge is 0.387 e. The van der Waals surface area contributed by atoms with E-state index in [2.05, 4.69) is 28.2 Å². The van der Waals surface area contributed by atoms with Crippen LogP contribution < -0.4 is 15.4 Å². The zero-order valence-corrected chi connectivity index (χ0v) is 20.9. The Morgan fingerprint density at radius 3 is 2.14 bits per heavy atom. The average molecular weight is 525 g/mol. The van der Waals surface area contributed by atoms with Crippen molar-refractivity contribution in [3.05, 3.63) is 65.7 Å². The zero-order chi connectivity index (χ0) is 27.6. The van der Waals surface area contributed by atoms with E-state index in [1.807, 2.05) is 19.9 Å². The molecule has 0 aliphatic rings. The molecule has 0 aromatic heterocycles. The number of rotatable bonds is 12. The van der Waals surface area contributed by atoms with E-state index in [1.54, 1.807) is 24.3 Å². The van der Waals surface area contributed by atoms with E-state index in [4.69, 9.17) is 0 Å². The van der Waals surface area contributed by atoms with E-state index in [0.717, 1.165) is 5.56 Å². The first kappa shape index (κ1) is 32.2. The second-order valence-electron chi connectivity index (χ2n) is 6.70. The Hall–Kier alpha value is -3.78. The van der Waals surface area contributed by atoms with Crippen LogP contribution in [0.2, 0.25) is 0 Å². The van der Waals surface area contributed by atoms with Gasteiger partial charge in [-0.05, 0) is 11.6 Å². The van der Waals surface area contributed by atoms with Gasteiger partial charge < -0.3 is 15.4 Å². The molecule has 196 valence electrons. The molecule has 0 atom stereocenters. The monoisotopic (exact) mass is 524 g/mol. The zero-order valence-electron chi connectivity index (χ0n) is 20.1. The van der Waals surface area contributed by atoms with E-state index >= 15 is 0 Å². The van der Waals surface area contributed by atoms with Crippen LogP contribution in [0.25, 0.3) is 0 Å². The molecule has 2 amide bonds. The lowest BCUT2D eigenvalue weighted by molar-refractivity contribution is -0.138. The Morgan fingerprint density at radius 2 is 1.53 bits per heavy atom. The number of Topliss-reactive ketones (excluding diaryl/α,β-unsaturated/α-hetero) is 1. The Labute approximate surface area is 210 Å². The topological polar surface area (TPSA) is 119 Å². The number of nitrogens with one attached hydrogen (secondary N) is 2. The second-order valence-corrected chi connectivity index (χ2v) is 8.88. The van der Waals surface area contributed by atoms with Crippen molar-refractivity contribution in [2.75, 3.05) is 12.3 Å². The van der Waals surface area contributed by atoms with Gasteiger partial charge in [0, 0.05) is 18.5 Å². The van der Waals surface area contributed by atoms with Gasteiger partial charge >= 0.3 is 6.61 Å². The molecule has 2 aromatic carbocycles. The minimum absolute atomic E-state index is 0.0403. The molecule has 0 unspecified atom stereocenters. The van der Waals surface area contributed by atoms with Gasteiger partial charge in [0.15, 0.2) is 9.84 Å². The number of alkyl halides is 2. The Kier molecular flexibility index (Phi) is 15.8. The van der Waals surface area contributed by atoms with Crippen LogP contribution in [0.3, 0.4) is 0 Å². The van der Waals surface area contributed by atoms with Gasteiger partial charge in [-0.15, -0.1) is 12.8 Å². The van der Waals surface area contributed by atoms with Crippen LogP contribution in [0.5, 0.6) is 5.75 Å². The Bertz CT molecular complexity index is 1090. The first-order valence-electron chi connectivity index (χ1n) is 10.8. The fraction of sp³-hybridized carbons (Fsp3) is 0.320. The fourth-order valence-corrected chi connectivity index (χ4v) is 3.97. The number of carbonyl (C=O) groups excluding carboxylic acids is 3. The maximum Gasteiger partial charge on any atom is 0.387 e. The molecular formula is C25H30F2N2O6S. The predicted molar refractivity (Wildman–Crippen MR) is 133 cm³/mol. The van der Waals surface area contributed by atoms with Gasteiger partial charge in [0.1, 0.15) is 5.75 Å². The molecular weight excluding hydrogens is 494 g/mol. The van der Waals surface area contributed by atoms with Gasteiger partial charge in [-0.2, -0.15) is 8.78 Å². The summed E-state index contributed by atoms with van der Waals surface area (Å²) in [6.07, 6.45) is 7.54. The predicted octanol–water partition coefficient (Wildman–Crippen LogP) is 2.87. The number of benzene rings is 2. The first-order chi connectivity index (χ1) is 17.2. The molecule has 0 saturated heterocycles. The number of sulfone groups is 1. The Morgan fingerprint density at radius 1 is 0.944 bits per heavy atom. The van der Waals surface area contributed by atoms with Gasteiger partial charge in [0.05, 0.1) is 18.1 Å². The number of terminal acetylenes is 1. The molecule has 0 saturated carbocycles. The lowest BCUT2D eigenvalue weighted by atomic mass is 10.2. The minimum atomic E-state index is -3.83. The molecule has 2 N–H and O–H groups in total. The Balaban J connectivity index is 0.00000291.